The van der Waals surface area contributed by atoms with Crippen LogP contribution in [0.15, 0.2) is 48.5 Å². The molecule has 0 aliphatic carbocycles. The Labute approximate surface area is 146 Å². The fraction of sp³-hybridized carbons (Fsp3) is 0.263. The molecule has 0 bridgehead atoms. The maximum Gasteiger partial charge on any atom is 0.258 e. The van der Waals surface area contributed by atoms with Crippen LogP contribution in [0.4, 0.5) is 15.8 Å². The normalized spacial score (nSPS) is 14.3. The third-order valence-electron chi connectivity index (χ3n) is 4.33. The van der Waals surface area contributed by atoms with E-state index in [9.17, 15) is 14.0 Å². The van der Waals surface area contributed by atoms with Gasteiger partial charge in [0.2, 0.25) is 5.91 Å². The molecule has 1 fully saturated rings. The topological polar surface area (TPSA) is 52.7 Å². The summed E-state index contributed by atoms with van der Waals surface area (Å²) in [5.74, 6) is -0.910. The summed E-state index contributed by atoms with van der Waals surface area (Å²) >= 11 is 0. The van der Waals surface area contributed by atoms with Crippen molar-refractivity contribution in [3.05, 3.63) is 59.9 Å². The highest BCUT2D eigenvalue weighted by Gasteiger charge is 2.18. The van der Waals surface area contributed by atoms with Gasteiger partial charge in [-0.1, -0.05) is 12.1 Å². The number of anilines is 2. The van der Waals surface area contributed by atoms with Crippen LogP contribution in [0, 0.1) is 5.82 Å². The molecule has 0 aromatic heterocycles. The lowest BCUT2D eigenvalue weighted by Crippen LogP contribution is -2.48. The first-order valence-corrected chi connectivity index (χ1v) is 8.21. The Morgan fingerprint density at radius 2 is 1.60 bits per heavy atom. The van der Waals surface area contributed by atoms with Crippen LogP contribution in [0.3, 0.4) is 0 Å². The summed E-state index contributed by atoms with van der Waals surface area (Å²) in [5, 5.41) is 2.70. The van der Waals surface area contributed by atoms with Gasteiger partial charge in [-0.15, -0.1) is 0 Å². The summed E-state index contributed by atoms with van der Waals surface area (Å²) in [6, 6.07) is 13.3. The molecule has 0 radical (unpaired) electrons. The monoisotopic (exact) mass is 341 g/mol. The molecule has 0 spiro atoms. The number of nitrogens with one attached hydrogen (secondary N) is 1. The van der Waals surface area contributed by atoms with Crippen LogP contribution < -0.4 is 10.2 Å². The van der Waals surface area contributed by atoms with Crippen LogP contribution in [0.2, 0.25) is 0 Å². The summed E-state index contributed by atoms with van der Waals surface area (Å²) in [5.41, 5.74) is 1.67. The number of hydrogen-bond donors (Lipinski definition) is 1. The molecule has 5 nitrogen and oxygen atoms in total. The van der Waals surface area contributed by atoms with Crippen molar-refractivity contribution in [3.63, 3.8) is 0 Å². The van der Waals surface area contributed by atoms with Crippen molar-refractivity contribution in [2.24, 2.45) is 0 Å². The van der Waals surface area contributed by atoms with Gasteiger partial charge in [0.1, 0.15) is 5.82 Å². The van der Waals surface area contributed by atoms with Crippen molar-refractivity contribution < 1.29 is 14.0 Å². The van der Waals surface area contributed by atoms with E-state index in [-0.39, 0.29) is 11.5 Å². The summed E-state index contributed by atoms with van der Waals surface area (Å²) in [4.78, 5) is 27.5. The maximum atomic E-state index is 13.6. The smallest absolute Gasteiger partial charge is 0.258 e. The fourth-order valence-corrected chi connectivity index (χ4v) is 2.88. The lowest BCUT2D eigenvalue weighted by Gasteiger charge is -2.35. The number of piperazine rings is 1. The molecule has 0 unspecified atom stereocenters. The van der Waals surface area contributed by atoms with E-state index in [1.54, 1.807) is 31.2 Å². The van der Waals surface area contributed by atoms with Gasteiger partial charge in [-0.05, 0) is 36.4 Å². The van der Waals surface area contributed by atoms with Crippen LogP contribution in [0.5, 0.6) is 0 Å². The molecule has 25 heavy (non-hydrogen) atoms. The Hall–Kier alpha value is -2.89. The van der Waals surface area contributed by atoms with Gasteiger partial charge in [0.25, 0.3) is 5.91 Å². The summed E-state index contributed by atoms with van der Waals surface area (Å²) < 4.78 is 13.6. The molecule has 2 amide bonds. The molecular weight excluding hydrogens is 321 g/mol. The Morgan fingerprint density at radius 3 is 2.20 bits per heavy atom. The second-order valence-corrected chi connectivity index (χ2v) is 5.97. The lowest BCUT2D eigenvalue weighted by molar-refractivity contribution is -0.129. The first kappa shape index (κ1) is 17.0. The third kappa shape index (κ3) is 3.96. The highest BCUT2D eigenvalue weighted by molar-refractivity contribution is 6.04. The molecule has 1 heterocycles. The molecule has 1 aliphatic heterocycles. The first-order valence-electron chi connectivity index (χ1n) is 8.21. The standard InChI is InChI=1S/C19H20FN3O2/c1-14(24)22-10-12-23(13-11-22)16-8-6-15(7-9-16)21-19(25)17-4-2-3-5-18(17)20/h2-9H,10-13H2,1H3,(H,21,25). The Morgan fingerprint density at radius 1 is 0.960 bits per heavy atom. The molecular formula is C19H20FN3O2. The van der Waals surface area contributed by atoms with E-state index in [1.807, 2.05) is 17.0 Å². The third-order valence-corrected chi connectivity index (χ3v) is 4.33. The van der Waals surface area contributed by atoms with Crippen molar-refractivity contribution >= 4 is 23.2 Å². The quantitative estimate of drug-likeness (QED) is 0.934. The maximum absolute atomic E-state index is 13.6. The predicted molar refractivity (Wildman–Crippen MR) is 95.3 cm³/mol. The molecule has 130 valence electrons. The minimum atomic E-state index is -0.542. The number of benzene rings is 2. The molecule has 1 aliphatic rings. The molecule has 0 atom stereocenters. The van der Waals surface area contributed by atoms with E-state index >= 15 is 0 Å². The zero-order valence-corrected chi connectivity index (χ0v) is 14.0. The van der Waals surface area contributed by atoms with E-state index in [0.717, 1.165) is 18.8 Å². The van der Waals surface area contributed by atoms with E-state index in [4.69, 9.17) is 0 Å². The molecule has 1 N–H and O–H groups in total. The second-order valence-electron chi connectivity index (χ2n) is 5.97. The molecule has 1 saturated heterocycles. The molecule has 0 saturated carbocycles. The van der Waals surface area contributed by atoms with Gasteiger partial charge in [0, 0.05) is 44.5 Å². The van der Waals surface area contributed by atoms with Crippen molar-refractivity contribution in [2.45, 2.75) is 6.92 Å². The van der Waals surface area contributed by atoms with Crippen LogP contribution in [-0.2, 0) is 4.79 Å². The summed E-state index contributed by atoms with van der Waals surface area (Å²) in [6.07, 6.45) is 0. The van der Waals surface area contributed by atoms with E-state index in [0.29, 0.717) is 18.8 Å². The van der Waals surface area contributed by atoms with Crippen LogP contribution in [-0.4, -0.2) is 42.9 Å². The van der Waals surface area contributed by atoms with Gasteiger partial charge in [-0.2, -0.15) is 0 Å². The highest BCUT2D eigenvalue weighted by Crippen LogP contribution is 2.20. The van der Waals surface area contributed by atoms with Crippen molar-refractivity contribution in [2.75, 3.05) is 36.4 Å². The number of amides is 2. The largest absolute Gasteiger partial charge is 0.368 e. The van der Waals surface area contributed by atoms with Crippen molar-refractivity contribution in [1.29, 1.82) is 0 Å². The van der Waals surface area contributed by atoms with Gasteiger partial charge in [0.15, 0.2) is 0 Å². The van der Waals surface area contributed by atoms with E-state index < -0.39 is 11.7 Å². The molecule has 2 aromatic carbocycles. The fourth-order valence-electron chi connectivity index (χ4n) is 2.88. The molecule has 2 aromatic rings. The van der Waals surface area contributed by atoms with E-state index in [1.165, 1.54) is 12.1 Å². The average Bonchev–Trinajstić information content (AvgIpc) is 2.63. The second kappa shape index (κ2) is 7.34. The van der Waals surface area contributed by atoms with Crippen LogP contribution in [0.1, 0.15) is 17.3 Å². The van der Waals surface area contributed by atoms with E-state index in [2.05, 4.69) is 10.2 Å². The Kier molecular flexibility index (Phi) is 4.97. The number of carbonyl (C=O) groups excluding carboxylic acids is 2. The van der Waals surface area contributed by atoms with Crippen LogP contribution >= 0.6 is 0 Å². The molecule has 3 rings (SSSR count). The minimum absolute atomic E-state index is 0.0203. The van der Waals surface area contributed by atoms with Gasteiger partial charge < -0.3 is 15.1 Å². The minimum Gasteiger partial charge on any atom is -0.368 e. The first-order chi connectivity index (χ1) is 12.0. The number of halogens is 1. The predicted octanol–water partition coefficient (Wildman–Crippen LogP) is 2.75. The van der Waals surface area contributed by atoms with Crippen molar-refractivity contribution in [3.8, 4) is 0 Å². The zero-order chi connectivity index (χ0) is 17.8. The van der Waals surface area contributed by atoms with Crippen LogP contribution in [0.25, 0.3) is 0 Å². The summed E-state index contributed by atoms with van der Waals surface area (Å²) in [7, 11) is 0. The van der Waals surface area contributed by atoms with Gasteiger partial charge in [0.05, 0.1) is 5.56 Å². The lowest BCUT2D eigenvalue weighted by atomic mass is 10.2. The highest BCUT2D eigenvalue weighted by atomic mass is 19.1. The average molecular weight is 341 g/mol. The summed E-state index contributed by atoms with van der Waals surface area (Å²) in [6.45, 7) is 4.56. The number of hydrogen-bond acceptors (Lipinski definition) is 3. The van der Waals surface area contributed by atoms with Gasteiger partial charge >= 0.3 is 0 Å². The zero-order valence-electron chi connectivity index (χ0n) is 14.0. The Bertz CT molecular complexity index is 768. The number of carbonyl (C=O) groups is 2. The Balaban J connectivity index is 1.62. The number of rotatable bonds is 3. The SMILES string of the molecule is CC(=O)N1CCN(c2ccc(NC(=O)c3ccccc3F)cc2)CC1. The molecule has 6 heteroatoms. The van der Waals surface area contributed by atoms with Crippen molar-refractivity contribution in [1.82, 2.24) is 4.90 Å². The van der Waals surface area contributed by atoms with Gasteiger partial charge in [-0.3, -0.25) is 9.59 Å². The number of nitrogens with zero attached hydrogens (tertiary/aromatic N) is 2. The van der Waals surface area contributed by atoms with Gasteiger partial charge in [-0.25, -0.2) is 4.39 Å².